The van der Waals surface area contributed by atoms with E-state index in [-0.39, 0.29) is 31.5 Å². The highest BCUT2D eigenvalue weighted by Crippen LogP contribution is 2.21. The molecule has 13 heteroatoms. The standard InChI is InChI=1S/C33H35N5O8/c39-29(17-18-30(40)41)35-27(21-23-10-5-2-6-11-23)33(44)37-19-7-12-28(37)32(43)36-26(20-22-8-3-1-4-9-22)31(42)34-24-13-15-25(16-14-24)38(45)46/h1-6,8-11,13-16,26-28H,7,12,17-21H2,(H,34,42)(H,35,39)(H,36,43)(H,40,41)/t26-,27-,28-/m0/s1. The summed E-state index contributed by atoms with van der Waals surface area (Å²) in [4.78, 5) is 76.4. The largest absolute Gasteiger partial charge is 0.481 e. The third-order valence-electron chi connectivity index (χ3n) is 7.58. The first-order chi connectivity index (χ1) is 22.1. The third-order valence-corrected chi connectivity index (χ3v) is 7.58. The van der Waals surface area contributed by atoms with Crippen molar-refractivity contribution in [2.75, 3.05) is 11.9 Å². The molecule has 3 aromatic rings. The molecule has 1 fully saturated rings. The van der Waals surface area contributed by atoms with Gasteiger partial charge in [0.15, 0.2) is 0 Å². The molecule has 240 valence electrons. The van der Waals surface area contributed by atoms with E-state index in [9.17, 15) is 34.1 Å². The van der Waals surface area contributed by atoms with E-state index in [1.165, 1.54) is 29.2 Å². The molecule has 1 aliphatic heterocycles. The molecule has 0 saturated carbocycles. The second-order valence-corrected chi connectivity index (χ2v) is 10.9. The number of nitrogens with zero attached hydrogens (tertiary/aromatic N) is 2. The van der Waals surface area contributed by atoms with Crippen LogP contribution in [0.4, 0.5) is 11.4 Å². The van der Waals surface area contributed by atoms with Gasteiger partial charge in [0.25, 0.3) is 5.69 Å². The van der Waals surface area contributed by atoms with E-state index < -0.39 is 59.1 Å². The number of amides is 4. The number of nitro benzene ring substituents is 1. The van der Waals surface area contributed by atoms with Crippen LogP contribution in [-0.2, 0) is 36.8 Å². The summed E-state index contributed by atoms with van der Waals surface area (Å²) < 4.78 is 0. The summed E-state index contributed by atoms with van der Waals surface area (Å²) in [6.45, 7) is 0.256. The number of rotatable bonds is 14. The van der Waals surface area contributed by atoms with Crippen molar-refractivity contribution < 1.29 is 34.0 Å². The van der Waals surface area contributed by atoms with Gasteiger partial charge in [-0.05, 0) is 36.1 Å². The van der Waals surface area contributed by atoms with Crippen LogP contribution < -0.4 is 16.0 Å². The highest BCUT2D eigenvalue weighted by atomic mass is 16.6. The molecule has 13 nitrogen and oxygen atoms in total. The first kappa shape index (κ1) is 33.3. The van der Waals surface area contributed by atoms with E-state index in [1.54, 1.807) is 36.4 Å². The Morgan fingerprint density at radius 3 is 1.98 bits per heavy atom. The van der Waals surface area contributed by atoms with Crippen molar-refractivity contribution in [3.63, 3.8) is 0 Å². The van der Waals surface area contributed by atoms with Crippen molar-refractivity contribution >= 4 is 41.0 Å². The number of carboxylic acid groups (broad SMARTS) is 1. The minimum atomic E-state index is -1.14. The number of non-ortho nitro benzene ring substituents is 1. The maximum Gasteiger partial charge on any atom is 0.303 e. The maximum atomic E-state index is 13.9. The van der Waals surface area contributed by atoms with Crippen molar-refractivity contribution in [3.05, 3.63) is 106 Å². The molecular weight excluding hydrogens is 594 g/mol. The van der Waals surface area contributed by atoms with Gasteiger partial charge in [0.05, 0.1) is 11.3 Å². The number of benzene rings is 3. The molecule has 4 rings (SSSR count). The lowest BCUT2D eigenvalue weighted by Gasteiger charge is -2.30. The van der Waals surface area contributed by atoms with Crippen LogP contribution >= 0.6 is 0 Å². The van der Waals surface area contributed by atoms with Crippen LogP contribution in [0.3, 0.4) is 0 Å². The molecule has 0 aliphatic carbocycles. The highest BCUT2D eigenvalue weighted by molar-refractivity contribution is 5.99. The predicted octanol–water partition coefficient (Wildman–Crippen LogP) is 2.84. The van der Waals surface area contributed by atoms with Gasteiger partial charge in [-0.25, -0.2) is 0 Å². The lowest BCUT2D eigenvalue weighted by atomic mass is 10.0. The zero-order valence-electron chi connectivity index (χ0n) is 25.0. The fourth-order valence-corrected chi connectivity index (χ4v) is 5.26. The number of aliphatic carboxylic acids is 1. The number of hydrogen-bond donors (Lipinski definition) is 4. The average molecular weight is 630 g/mol. The van der Waals surface area contributed by atoms with Gasteiger partial charge in [0, 0.05) is 43.6 Å². The van der Waals surface area contributed by atoms with Gasteiger partial charge in [0.1, 0.15) is 18.1 Å². The number of carbonyl (C=O) groups excluding carboxylic acids is 4. The van der Waals surface area contributed by atoms with Gasteiger partial charge in [-0.15, -0.1) is 0 Å². The predicted molar refractivity (Wildman–Crippen MR) is 167 cm³/mol. The minimum Gasteiger partial charge on any atom is -0.481 e. The van der Waals surface area contributed by atoms with Gasteiger partial charge < -0.3 is 26.0 Å². The lowest BCUT2D eigenvalue weighted by molar-refractivity contribution is -0.384. The van der Waals surface area contributed by atoms with E-state index in [0.29, 0.717) is 18.5 Å². The van der Waals surface area contributed by atoms with Crippen LogP contribution in [0.1, 0.15) is 36.8 Å². The Hall–Kier alpha value is -5.59. The first-order valence-electron chi connectivity index (χ1n) is 14.9. The fourth-order valence-electron chi connectivity index (χ4n) is 5.26. The number of likely N-dealkylation sites (tertiary alicyclic amines) is 1. The van der Waals surface area contributed by atoms with Crippen molar-refractivity contribution in [2.45, 2.75) is 56.7 Å². The van der Waals surface area contributed by atoms with Crippen molar-refractivity contribution in [3.8, 4) is 0 Å². The second kappa shape index (κ2) is 15.9. The molecule has 1 aliphatic rings. The summed E-state index contributed by atoms with van der Waals surface area (Å²) in [6, 6.07) is 20.4. The average Bonchev–Trinajstić information content (AvgIpc) is 3.54. The van der Waals surface area contributed by atoms with Gasteiger partial charge in [-0.2, -0.15) is 0 Å². The Morgan fingerprint density at radius 2 is 1.41 bits per heavy atom. The van der Waals surface area contributed by atoms with E-state index in [4.69, 9.17) is 5.11 Å². The van der Waals surface area contributed by atoms with Crippen molar-refractivity contribution in [1.29, 1.82) is 0 Å². The van der Waals surface area contributed by atoms with E-state index in [2.05, 4.69) is 16.0 Å². The number of anilines is 1. The Kier molecular flexibility index (Phi) is 11.5. The van der Waals surface area contributed by atoms with Crippen LogP contribution in [0.25, 0.3) is 0 Å². The summed E-state index contributed by atoms with van der Waals surface area (Å²) in [5.74, 6) is -3.31. The number of carboxylic acids is 1. The molecular formula is C33H35N5O8. The molecule has 0 radical (unpaired) electrons. The molecule has 46 heavy (non-hydrogen) atoms. The highest BCUT2D eigenvalue weighted by Gasteiger charge is 2.39. The summed E-state index contributed by atoms with van der Waals surface area (Å²) in [6.07, 6.45) is 0.443. The van der Waals surface area contributed by atoms with Gasteiger partial charge in [-0.1, -0.05) is 60.7 Å². The van der Waals surface area contributed by atoms with Crippen LogP contribution in [0.5, 0.6) is 0 Å². The summed E-state index contributed by atoms with van der Waals surface area (Å²) in [5.41, 5.74) is 1.72. The van der Waals surface area contributed by atoms with Crippen LogP contribution in [0, 0.1) is 10.1 Å². The molecule has 4 N–H and O–H groups in total. The number of nitrogens with one attached hydrogen (secondary N) is 3. The Bertz CT molecular complexity index is 1550. The third kappa shape index (κ3) is 9.45. The molecule has 0 aromatic heterocycles. The topological polar surface area (TPSA) is 188 Å². The Morgan fingerprint density at radius 1 is 0.826 bits per heavy atom. The Balaban J connectivity index is 1.51. The molecule has 3 atom stereocenters. The molecule has 1 heterocycles. The zero-order chi connectivity index (χ0) is 33.1. The van der Waals surface area contributed by atoms with Crippen LogP contribution in [0.2, 0.25) is 0 Å². The SMILES string of the molecule is O=C(O)CCC(=O)N[C@@H](Cc1ccccc1)C(=O)N1CCC[C@H]1C(=O)N[C@@H](Cc1ccccc1)C(=O)Nc1ccc([N+](=O)[O-])cc1. The van der Waals surface area contributed by atoms with Gasteiger partial charge >= 0.3 is 5.97 Å². The normalized spacial score (nSPS) is 15.3. The molecule has 4 amide bonds. The number of hydrogen-bond acceptors (Lipinski definition) is 7. The molecule has 0 bridgehead atoms. The monoisotopic (exact) mass is 629 g/mol. The first-order valence-corrected chi connectivity index (χ1v) is 14.9. The molecule has 0 spiro atoms. The van der Waals surface area contributed by atoms with E-state index in [0.717, 1.165) is 11.1 Å². The van der Waals surface area contributed by atoms with E-state index >= 15 is 0 Å². The molecule has 1 saturated heterocycles. The van der Waals surface area contributed by atoms with Crippen LogP contribution in [0.15, 0.2) is 84.9 Å². The lowest BCUT2D eigenvalue weighted by Crippen LogP contribution is -2.56. The summed E-state index contributed by atoms with van der Waals surface area (Å²) in [5, 5.41) is 28.1. The summed E-state index contributed by atoms with van der Waals surface area (Å²) in [7, 11) is 0. The Labute approximate surface area is 265 Å². The van der Waals surface area contributed by atoms with Crippen LogP contribution in [-0.4, -0.2) is 69.2 Å². The zero-order valence-corrected chi connectivity index (χ0v) is 25.0. The molecule has 3 aromatic carbocycles. The fraction of sp³-hybridized carbons (Fsp3) is 0.303. The number of carbonyl (C=O) groups is 5. The van der Waals surface area contributed by atoms with E-state index in [1.807, 2.05) is 24.3 Å². The maximum absolute atomic E-state index is 13.9. The number of nitro groups is 1. The smallest absolute Gasteiger partial charge is 0.303 e. The quantitative estimate of drug-likeness (QED) is 0.155. The second-order valence-electron chi connectivity index (χ2n) is 10.9. The van der Waals surface area contributed by atoms with Gasteiger partial charge in [0.2, 0.25) is 23.6 Å². The molecule has 0 unspecified atom stereocenters. The van der Waals surface area contributed by atoms with Crippen molar-refractivity contribution in [2.24, 2.45) is 0 Å². The van der Waals surface area contributed by atoms with Crippen molar-refractivity contribution in [1.82, 2.24) is 15.5 Å². The van der Waals surface area contributed by atoms with Gasteiger partial charge in [-0.3, -0.25) is 34.1 Å². The summed E-state index contributed by atoms with van der Waals surface area (Å²) >= 11 is 0. The minimum absolute atomic E-state index is 0.137.